The predicted molar refractivity (Wildman–Crippen MR) is 123 cm³/mol. The molecule has 0 bridgehead atoms. The third-order valence-electron chi connectivity index (χ3n) is 5.81. The van der Waals surface area contributed by atoms with Gasteiger partial charge in [0, 0.05) is 50.6 Å². The lowest BCUT2D eigenvalue weighted by atomic mass is 10.0. The molecule has 1 aromatic carbocycles. The Kier molecular flexibility index (Phi) is 8.06. The quantitative estimate of drug-likeness (QED) is 0.645. The van der Waals surface area contributed by atoms with Gasteiger partial charge in [0.25, 0.3) is 0 Å². The number of carbonyl (C=O) groups is 1. The van der Waals surface area contributed by atoms with E-state index in [4.69, 9.17) is 9.47 Å². The summed E-state index contributed by atoms with van der Waals surface area (Å²) in [5.41, 5.74) is 1.58. The number of carbonyl (C=O) groups excluding carboxylic acids is 1. The highest BCUT2D eigenvalue weighted by atomic mass is 32.2. The number of sulfonamides is 1. The average molecular weight is 478 g/mol. The number of aliphatic hydroxyl groups excluding tert-OH is 1. The molecule has 2 heterocycles. The molecule has 0 radical (unpaired) electrons. The van der Waals surface area contributed by atoms with Crippen molar-refractivity contribution in [3.63, 3.8) is 0 Å². The van der Waals surface area contributed by atoms with Crippen LogP contribution in [0.3, 0.4) is 0 Å². The highest BCUT2D eigenvalue weighted by Crippen LogP contribution is 2.36. The molecule has 180 valence electrons. The van der Waals surface area contributed by atoms with Gasteiger partial charge in [-0.2, -0.15) is 4.31 Å². The first-order valence-electron chi connectivity index (χ1n) is 10.8. The molecule has 1 aliphatic rings. The number of pyridine rings is 1. The van der Waals surface area contributed by atoms with E-state index in [1.807, 2.05) is 13.0 Å². The maximum absolute atomic E-state index is 13.5. The Morgan fingerprint density at radius 2 is 2.12 bits per heavy atom. The van der Waals surface area contributed by atoms with Crippen LogP contribution in [0.1, 0.15) is 13.8 Å². The number of aromatic nitrogens is 1. The van der Waals surface area contributed by atoms with Crippen molar-refractivity contribution in [3.8, 4) is 16.9 Å². The summed E-state index contributed by atoms with van der Waals surface area (Å²) in [7, 11) is -0.815. The minimum absolute atomic E-state index is 0.0261. The molecule has 9 nitrogen and oxygen atoms in total. The second-order valence-electron chi connectivity index (χ2n) is 8.35. The average Bonchev–Trinajstić information content (AvgIpc) is 2.81. The summed E-state index contributed by atoms with van der Waals surface area (Å²) in [6.45, 7) is 3.57. The zero-order valence-corrected chi connectivity index (χ0v) is 20.2. The fraction of sp³-hybridized carbons (Fsp3) is 0.478. The van der Waals surface area contributed by atoms with Gasteiger partial charge in [-0.25, -0.2) is 8.42 Å². The number of aliphatic hydroxyl groups is 1. The van der Waals surface area contributed by atoms with E-state index in [0.717, 1.165) is 11.1 Å². The number of hydrogen-bond acceptors (Lipinski definition) is 7. The summed E-state index contributed by atoms with van der Waals surface area (Å²) >= 11 is 0. The van der Waals surface area contributed by atoms with Crippen molar-refractivity contribution < 1.29 is 27.8 Å². The predicted octanol–water partition coefficient (Wildman–Crippen LogP) is 1.62. The summed E-state index contributed by atoms with van der Waals surface area (Å²) in [5.74, 6) is -0.259. The first-order valence-corrected chi connectivity index (χ1v) is 12.2. The van der Waals surface area contributed by atoms with Crippen LogP contribution >= 0.6 is 0 Å². The van der Waals surface area contributed by atoms with Crippen LogP contribution < -0.4 is 4.74 Å². The molecule has 33 heavy (non-hydrogen) atoms. The maximum atomic E-state index is 13.5. The van der Waals surface area contributed by atoms with Crippen LogP contribution in [-0.2, 0) is 19.6 Å². The van der Waals surface area contributed by atoms with Gasteiger partial charge >= 0.3 is 0 Å². The van der Waals surface area contributed by atoms with E-state index in [9.17, 15) is 18.3 Å². The van der Waals surface area contributed by atoms with Crippen molar-refractivity contribution >= 4 is 15.9 Å². The number of rotatable bonds is 7. The molecule has 0 spiro atoms. The lowest BCUT2D eigenvalue weighted by molar-refractivity contribution is -0.135. The summed E-state index contributed by atoms with van der Waals surface area (Å²) in [6, 6.07) is 7.99. The van der Waals surface area contributed by atoms with Gasteiger partial charge in [0.05, 0.1) is 13.2 Å². The van der Waals surface area contributed by atoms with E-state index in [0.29, 0.717) is 0 Å². The first-order chi connectivity index (χ1) is 15.7. The molecule has 1 aliphatic heterocycles. The Morgan fingerprint density at radius 1 is 1.36 bits per heavy atom. The second kappa shape index (κ2) is 10.6. The largest absolute Gasteiger partial charge is 0.487 e. The molecule has 1 amide bonds. The van der Waals surface area contributed by atoms with E-state index >= 15 is 0 Å². The summed E-state index contributed by atoms with van der Waals surface area (Å²) in [5, 5.41) is 9.74. The van der Waals surface area contributed by atoms with Gasteiger partial charge in [-0.15, -0.1) is 0 Å². The summed E-state index contributed by atoms with van der Waals surface area (Å²) < 4.78 is 39.6. The molecule has 3 rings (SSSR count). The standard InChI is InChI=1S/C23H31N3O6S/c1-16-12-26(17(2)14-27)33(29,30)22-8-7-18(19-6-5-9-24-11-19)10-20(22)32-21(16)13-25(3)23(28)15-31-4/h5-11,16-17,21,27H,12-15H2,1-4H3/t16-,17+,21+/m0/s1. The number of fused-ring (bicyclic) bond motifs is 1. The third-order valence-corrected chi connectivity index (χ3v) is 7.83. The molecule has 0 saturated carbocycles. The third kappa shape index (κ3) is 5.52. The van der Waals surface area contributed by atoms with E-state index in [-0.39, 0.29) is 48.8 Å². The highest BCUT2D eigenvalue weighted by molar-refractivity contribution is 7.89. The molecule has 0 fully saturated rings. The van der Waals surface area contributed by atoms with Crippen LogP contribution in [0.15, 0.2) is 47.6 Å². The summed E-state index contributed by atoms with van der Waals surface area (Å²) in [6.07, 6.45) is 2.87. The van der Waals surface area contributed by atoms with E-state index in [1.54, 1.807) is 44.6 Å². The van der Waals surface area contributed by atoms with Crippen molar-refractivity contribution in [2.45, 2.75) is 30.9 Å². The number of amides is 1. The molecular formula is C23H31N3O6S. The first kappa shape index (κ1) is 25.1. The zero-order valence-electron chi connectivity index (χ0n) is 19.3. The van der Waals surface area contributed by atoms with Gasteiger partial charge in [-0.1, -0.05) is 19.1 Å². The van der Waals surface area contributed by atoms with Crippen LogP contribution in [0.25, 0.3) is 11.1 Å². The SMILES string of the molecule is COCC(=O)N(C)C[C@H]1Oc2cc(-c3cccnc3)ccc2S(=O)(=O)N([C@H](C)CO)C[C@@H]1C. The van der Waals surface area contributed by atoms with E-state index in [1.165, 1.54) is 22.4 Å². The monoisotopic (exact) mass is 477 g/mol. The maximum Gasteiger partial charge on any atom is 0.248 e. The lowest BCUT2D eigenvalue weighted by Crippen LogP contribution is -2.50. The molecule has 1 N–H and O–H groups in total. The van der Waals surface area contributed by atoms with Crippen molar-refractivity contribution in [2.75, 3.05) is 40.5 Å². The number of likely N-dealkylation sites (N-methyl/N-ethyl adjacent to an activating group) is 1. The van der Waals surface area contributed by atoms with Gasteiger partial charge < -0.3 is 19.5 Å². The van der Waals surface area contributed by atoms with Gasteiger partial charge in [-0.3, -0.25) is 9.78 Å². The minimum atomic E-state index is -3.93. The second-order valence-corrected chi connectivity index (χ2v) is 10.2. The number of hydrogen-bond donors (Lipinski definition) is 1. The molecule has 0 saturated heterocycles. The molecule has 3 atom stereocenters. The van der Waals surface area contributed by atoms with Crippen LogP contribution in [0.5, 0.6) is 5.75 Å². The number of benzene rings is 1. The van der Waals surface area contributed by atoms with E-state index in [2.05, 4.69) is 4.98 Å². The Bertz CT molecular complexity index is 1060. The topological polar surface area (TPSA) is 109 Å². The number of methoxy groups -OCH3 is 1. The van der Waals surface area contributed by atoms with Crippen molar-refractivity contribution in [1.82, 2.24) is 14.2 Å². The highest BCUT2D eigenvalue weighted by Gasteiger charge is 2.38. The zero-order chi connectivity index (χ0) is 24.2. The molecule has 10 heteroatoms. The number of nitrogens with zero attached hydrogens (tertiary/aromatic N) is 3. The fourth-order valence-electron chi connectivity index (χ4n) is 3.76. The normalized spacial score (nSPS) is 21.2. The lowest BCUT2D eigenvalue weighted by Gasteiger charge is -2.37. The Labute approximate surface area is 195 Å². The molecule has 2 aromatic rings. The Morgan fingerprint density at radius 3 is 2.76 bits per heavy atom. The van der Waals surface area contributed by atoms with Gasteiger partial charge in [-0.05, 0) is 30.7 Å². The summed E-state index contributed by atoms with van der Waals surface area (Å²) in [4.78, 5) is 18.0. The van der Waals surface area contributed by atoms with Crippen LogP contribution in [0.4, 0.5) is 0 Å². The van der Waals surface area contributed by atoms with Gasteiger partial charge in [0.1, 0.15) is 23.4 Å². The number of ether oxygens (including phenoxy) is 2. The van der Waals surface area contributed by atoms with Crippen molar-refractivity contribution in [1.29, 1.82) is 0 Å². The fourth-order valence-corrected chi connectivity index (χ4v) is 5.59. The van der Waals surface area contributed by atoms with Gasteiger partial charge in [0.2, 0.25) is 15.9 Å². The van der Waals surface area contributed by atoms with Crippen molar-refractivity contribution in [3.05, 3.63) is 42.7 Å². The van der Waals surface area contributed by atoms with Crippen LogP contribution in [0, 0.1) is 5.92 Å². The molecule has 1 aromatic heterocycles. The molecule has 0 aliphatic carbocycles. The minimum Gasteiger partial charge on any atom is -0.487 e. The molecular weight excluding hydrogens is 446 g/mol. The van der Waals surface area contributed by atoms with Crippen LogP contribution in [0.2, 0.25) is 0 Å². The Hall–Kier alpha value is -2.53. The molecule has 0 unspecified atom stereocenters. The van der Waals surface area contributed by atoms with Crippen LogP contribution in [-0.4, -0.2) is 86.2 Å². The Balaban J connectivity index is 2.08. The van der Waals surface area contributed by atoms with E-state index < -0.39 is 22.2 Å². The van der Waals surface area contributed by atoms with Gasteiger partial charge in [0.15, 0.2) is 0 Å². The smallest absolute Gasteiger partial charge is 0.248 e. The van der Waals surface area contributed by atoms with Crippen molar-refractivity contribution in [2.24, 2.45) is 5.92 Å².